The minimum absolute atomic E-state index is 0.0203. The van der Waals surface area contributed by atoms with Crippen molar-refractivity contribution in [2.75, 3.05) is 0 Å². The summed E-state index contributed by atoms with van der Waals surface area (Å²) in [5.41, 5.74) is -0.0746. The van der Waals surface area contributed by atoms with Gasteiger partial charge in [-0.1, -0.05) is 34.6 Å². The maximum absolute atomic E-state index is 11.7. The number of carboxylic acid groups (broad SMARTS) is 1. The fourth-order valence-electron chi connectivity index (χ4n) is 1.38. The third-order valence-corrected chi connectivity index (χ3v) is 2.24. The summed E-state index contributed by atoms with van der Waals surface area (Å²) >= 11 is 0. The number of carboxylic acids is 1. The van der Waals surface area contributed by atoms with Crippen molar-refractivity contribution < 1.29 is 14.7 Å². The average Bonchev–Trinajstić information content (AvgIpc) is 1.97. The number of amides is 1. The second kappa shape index (κ2) is 5.87. The summed E-state index contributed by atoms with van der Waals surface area (Å²) in [6.45, 7) is 9.76. The van der Waals surface area contributed by atoms with E-state index in [4.69, 9.17) is 5.11 Å². The fraction of sp³-hybridized carbons (Fsp3) is 0.833. The SMILES string of the molecule is CC(C)C(CC(=O)O)NC(=O)CC(C)(C)C. The van der Waals surface area contributed by atoms with Crippen molar-refractivity contribution >= 4 is 11.9 Å². The molecule has 94 valence electrons. The molecule has 2 N–H and O–H groups in total. The zero-order valence-electron chi connectivity index (χ0n) is 10.8. The first-order valence-corrected chi connectivity index (χ1v) is 5.63. The van der Waals surface area contributed by atoms with Crippen molar-refractivity contribution in [3.05, 3.63) is 0 Å². The Morgan fingerprint density at radius 1 is 1.25 bits per heavy atom. The molecule has 1 amide bonds. The van der Waals surface area contributed by atoms with Gasteiger partial charge in [-0.15, -0.1) is 0 Å². The van der Waals surface area contributed by atoms with Gasteiger partial charge >= 0.3 is 5.97 Å². The highest BCUT2D eigenvalue weighted by molar-refractivity contribution is 5.78. The first-order chi connectivity index (χ1) is 7.11. The summed E-state index contributed by atoms with van der Waals surface area (Å²) in [6.07, 6.45) is 0.392. The number of aliphatic carboxylic acids is 1. The molecule has 16 heavy (non-hydrogen) atoms. The highest BCUT2D eigenvalue weighted by atomic mass is 16.4. The Kier molecular flexibility index (Phi) is 5.48. The van der Waals surface area contributed by atoms with Gasteiger partial charge in [0, 0.05) is 12.5 Å². The van der Waals surface area contributed by atoms with Crippen molar-refractivity contribution in [2.45, 2.75) is 53.5 Å². The molecule has 0 spiro atoms. The molecule has 0 aromatic heterocycles. The minimum atomic E-state index is -0.880. The molecule has 0 bridgehead atoms. The molecule has 0 heterocycles. The van der Waals surface area contributed by atoms with E-state index >= 15 is 0 Å². The normalized spacial score (nSPS) is 13.6. The van der Waals surface area contributed by atoms with Crippen LogP contribution in [-0.2, 0) is 9.59 Å². The standard InChI is InChI=1S/C12H23NO3/c1-8(2)9(6-11(15)16)13-10(14)7-12(3,4)5/h8-9H,6-7H2,1-5H3,(H,13,14)(H,15,16). The predicted molar refractivity (Wildman–Crippen MR) is 63.1 cm³/mol. The van der Waals surface area contributed by atoms with Crippen LogP contribution in [0, 0.1) is 11.3 Å². The Morgan fingerprint density at radius 3 is 2.06 bits per heavy atom. The maximum Gasteiger partial charge on any atom is 0.305 e. The third kappa shape index (κ3) is 7.26. The first kappa shape index (κ1) is 14.9. The number of hydrogen-bond donors (Lipinski definition) is 2. The van der Waals surface area contributed by atoms with Crippen LogP contribution in [0.2, 0.25) is 0 Å². The van der Waals surface area contributed by atoms with Gasteiger partial charge in [-0.3, -0.25) is 9.59 Å². The van der Waals surface area contributed by atoms with Gasteiger partial charge in [0.1, 0.15) is 0 Å². The van der Waals surface area contributed by atoms with Crippen LogP contribution in [0.4, 0.5) is 0 Å². The summed E-state index contributed by atoms with van der Waals surface area (Å²) in [6, 6.07) is -0.285. The Bertz CT molecular complexity index is 253. The van der Waals surface area contributed by atoms with Crippen LogP contribution < -0.4 is 5.32 Å². The quantitative estimate of drug-likeness (QED) is 0.758. The summed E-state index contributed by atoms with van der Waals surface area (Å²) < 4.78 is 0. The summed E-state index contributed by atoms with van der Waals surface area (Å²) in [5.74, 6) is -0.831. The monoisotopic (exact) mass is 229 g/mol. The lowest BCUT2D eigenvalue weighted by molar-refractivity contribution is -0.138. The van der Waals surface area contributed by atoms with Gasteiger partial charge in [0.25, 0.3) is 0 Å². The van der Waals surface area contributed by atoms with Crippen molar-refractivity contribution in [3.8, 4) is 0 Å². The van der Waals surface area contributed by atoms with Gasteiger partial charge in [-0.05, 0) is 11.3 Å². The van der Waals surface area contributed by atoms with Crippen LogP contribution in [0.15, 0.2) is 0 Å². The molecule has 0 saturated heterocycles. The van der Waals surface area contributed by atoms with Crippen molar-refractivity contribution in [2.24, 2.45) is 11.3 Å². The molecule has 0 aliphatic heterocycles. The van der Waals surface area contributed by atoms with Crippen molar-refractivity contribution in [1.29, 1.82) is 0 Å². The van der Waals surface area contributed by atoms with Gasteiger partial charge in [0.2, 0.25) is 5.91 Å². The molecular weight excluding hydrogens is 206 g/mol. The summed E-state index contributed by atoms with van der Waals surface area (Å²) in [7, 11) is 0. The maximum atomic E-state index is 11.7. The topological polar surface area (TPSA) is 66.4 Å². The molecule has 0 saturated carbocycles. The van der Waals surface area contributed by atoms with Gasteiger partial charge in [-0.2, -0.15) is 0 Å². The van der Waals surface area contributed by atoms with Gasteiger partial charge in [0.15, 0.2) is 0 Å². The molecule has 0 aromatic rings. The van der Waals surface area contributed by atoms with Crippen LogP contribution in [0.25, 0.3) is 0 Å². The Labute approximate surface area is 97.4 Å². The molecular formula is C12H23NO3. The third-order valence-electron chi connectivity index (χ3n) is 2.24. The minimum Gasteiger partial charge on any atom is -0.481 e. The van der Waals surface area contributed by atoms with E-state index in [2.05, 4.69) is 5.32 Å². The van der Waals surface area contributed by atoms with Crippen molar-refractivity contribution in [1.82, 2.24) is 5.32 Å². The second-order valence-electron chi connectivity index (χ2n) is 5.75. The molecule has 0 aliphatic carbocycles. The van der Waals surface area contributed by atoms with E-state index in [0.717, 1.165) is 0 Å². The Morgan fingerprint density at radius 2 is 1.75 bits per heavy atom. The molecule has 1 atom stereocenters. The number of nitrogens with one attached hydrogen (secondary N) is 1. The summed E-state index contributed by atoms with van der Waals surface area (Å²) in [4.78, 5) is 22.3. The van der Waals surface area contributed by atoms with E-state index in [1.54, 1.807) is 0 Å². The first-order valence-electron chi connectivity index (χ1n) is 5.63. The molecule has 0 radical (unpaired) electrons. The lowest BCUT2D eigenvalue weighted by Crippen LogP contribution is -2.41. The van der Waals surface area contributed by atoms with Crippen molar-refractivity contribution in [3.63, 3.8) is 0 Å². The molecule has 0 rings (SSSR count). The Hall–Kier alpha value is -1.06. The van der Waals surface area contributed by atoms with Gasteiger partial charge in [-0.25, -0.2) is 0 Å². The second-order valence-corrected chi connectivity index (χ2v) is 5.75. The van der Waals surface area contributed by atoms with Crippen LogP contribution in [0.1, 0.15) is 47.5 Å². The molecule has 4 nitrogen and oxygen atoms in total. The smallest absolute Gasteiger partial charge is 0.305 e. The van der Waals surface area contributed by atoms with Gasteiger partial charge < -0.3 is 10.4 Å². The van der Waals surface area contributed by atoms with Crippen LogP contribution in [0.5, 0.6) is 0 Å². The van der Waals surface area contributed by atoms with E-state index in [-0.39, 0.29) is 29.7 Å². The average molecular weight is 229 g/mol. The molecule has 4 heteroatoms. The van der Waals surface area contributed by atoms with E-state index in [1.165, 1.54) is 0 Å². The lowest BCUT2D eigenvalue weighted by Gasteiger charge is -2.23. The summed E-state index contributed by atoms with van der Waals surface area (Å²) in [5, 5.41) is 11.5. The Balaban J connectivity index is 4.30. The highest BCUT2D eigenvalue weighted by Crippen LogP contribution is 2.18. The highest BCUT2D eigenvalue weighted by Gasteiger charge is 2.22. The molecule has 0 fully saturated rings. The number of rotatable bonds is 5. The number of carbonyl (C=O) groups excluding carboxylic acids is 1. The largest absolute Gasteiger partial charge is 0.481 e. The van der Waals surface area contributed by atoms with E-state index in [0.29, 0.717) is 6.42 Å². The molecule has 1 unspecified atom stereocenters. The fourth-order valence-corrected chi connectivity index (χ4v) is 1.38. The van der Waals surface area contributed by atoms with E-state index in [1.807, 2.05) is 34.6 Å². The number of hydrogen-bond acceptors (Lipinski definition) is 2. The van der Waals surface area contributed by atoms with Crippen LogP contribution >= 0.6 is 0 Å². The zero-order chi connectivity index (χ0) is 12.9. The molecule has 0 aliphatic rings. The number of carbonyl (C=O) groups is 2. The van der Waals surface area contributed by atoms with Crippen LogP contribution in [-0.4, -0.2) is 23.0 Å². The van der Waals surface area contributed by atoms with Gasteiger partial charge in [0.05, 0.1) is 6.42 Å². The zero-order valence-corrected chi connectivity index (χ0v) is 10.8. The molecule has 0 aromatic carbocycles. The lowest BCUT2D eigenvalue weighted by atomic mass is 9.91. The van der Waals surface area contributed by atoms with E-state index in [9.17, 15) is 9.59 Å². The predicted octanol–water partition coefficient (Wildman–Crippen LogP) is 2.04. The van der Waals surface area contributed by atoms with E-state index < -0.39 is 5.97 Å². The van der Waals surface area contributed by atoms with Crippen LogP contribution in [0.3, 0.4) is 0 Å².